The molecule has 1 aliphatic rings. The molecule has 4 aromatic heterocycles. The van der Waals surface area contributed by atoms with E-state index in [9.17, 15) is 9.59 Å². The Labute approximate surface area is 258 Å². The number of carbonyl (C=O) groups excluding carboxylic acids is 1. The maximum Gasteiger partial charge on any atom is 0.411 e. The Hall–Kier alpha value is -4.30. The molecule has 5 heterocycles. The number of anilines is 1. The first-order valence-corrected chi connectivity index (χ1v) is 14.1. The molecule has 0 bridgehead atoms. The van der Waals surface area contributed by atoms with E-state index in [1.54, 1.807) is 41.1 Å². The minimum absolute atomic E-state index is 0.129. The summed E-state index contributed by atoms with van der Waals surface area (Å²) >= 11 is 18.8. The zero-order valence-corrected chi connectivity index (χ0v) is 24.7. The van der Waals surface area contributed by atoms with E-state index in [1.165, 1.54) is 24.1 Å². The van der Waals surface area contributed by atoms with Crippen molar-refractivity contribution in [3.63, 3.8) is 0 Å². The third-order valence-corrected chi connectivity index (χ3v) is 7.37. The van der Waals surface area contributed by atoms with E-state index in [1.807, 2.05) is 0 Å². The molecule has 0 aliphatic carbocycles. The number of pyridine rings is 1. The summed E-state index contributed by atoms with van der Waals surface area (Å²) in [6.07, 6.45) is 3.52. The quantitative estimate of drug-likeness (QED) is 0.223. The molecule has 5 aromatic rings. The van der Waals surface area contributed by atoms with Crippen molar-refractivity contribution in [3.8, 4) is 28.3 Å². The molecule has 0 fully saturated rings. The Balaban J connectivity index is 1.26. The van der Waals surface area contributed by atoms with Crippen molar-refractivity contribution in [2.75, 3.05) is 25.6 Å². The molecule has 13 nitrogen and oxygen atoms in total. The number of aromatic amines is 1. The fourth-order valence-electron chi connectivity index (χ4n) is 4.79. The highest BCUT2D eigenvalue weighted by Crippen LogP contribution is 2.34. The number of ether oxygens (including phenoxy) is 2. The first kappa shape index (κ1) is 28.8. The van der Waals surface area contributed by atoms with Gasteiger partial charge in [0.2, 0.25) is 0 Å². The lowest BCUT2D eigenvalue weighted by Gasteiger charge is -2.14. The first-order valence-electron chi connectivity index (χ1n) is 13.0. The van der Waals surface area contributed by atoms with Crippen LogP contribution in [-0.2, 0) is 15.9 Å². The number of nitrogens with zero attached hydrogens (tertiary/aromatic N) is 7. The topological polar surface area (TPSA) is 155 Å². The van der Waals surface area contributed by atoms with Gasteiger partial charge in [0.1, 0.15) is 29.1 Å². The van der Waals surface area contributed by atoms with Gasteiger partial charge in [0.15, 0.2) is 5.15 Å². The van der Waals surface area contributed by atoms with Gasteiger partial charge in [0.05, 0.1) is 47.8 Å². The normalized spacial score (nSPS) is 14.1. The van der Waals surface area contributed by atoms with E-state index in [2.05, 4.69) is 30.6 Å². The number of aryl methyl sites for hydroxylation is 1. The molecule has 0 saturated heterocycles. The van der Waals surface area contributed by atoms with Crippen molar-refractivity contribution in [2.45, 2.75) is 18.9 Å². The van der Waals surface area contributed by atoms with E-state index < -0.39 is 12.1 Å². The van der Waals surface area contributed by atoms with Gasteiger partial charge in [-0.2, -0.15) is 0 Å². The highest BCUT2D eigenvalue weighted by molar-refractivity contribution is 6.32. The molecule has 0 unspecified atom stereocenters. The number of hydrogen-bond donors (Lipinski definition) is 2. The van der Waals surface area contributed by atoms with Crippen molar-refractivity contribution in [1.82, 2.24) is 39.5 Å². The lowest BCUT2D eigenvalue weighted by Crippen LogP contribution is -2.25. The van der Waals surface area contributed by atoms with E-state index in [-0.39, 0.29) is 22.5 Å². The Morgan fingerprint density at radius 1 is 1.12 bits per heavy atom. The summed E-state index contributed by atoms with van der Waals surface area (Å²) in [5.74, 6) is 1.09. The summed E-state index contributed by atoms with van der Waals surface area (Å²) in [4.78, 5) is 42.3. The van der Waals surface area contributed by atoms with Crippen LogP contribution in [0.1, 0.15) is 24.1 Å². The fourth-order valence-corrected chi connectivity index (χ4v) is 5.33. The van der Waals surface area contributed by atoms with Gasteiger partial charge in [-0.1, -0.05) is 40.0 Å². The third-order valence-electron chi connectivity index (χ3n) is 6.69. The summed E-state index contributed by atoms with van der Waals surface area (Å²) in [6.45, 7) is 0.422. The number of amides is 1. The number of nitrogens with one attached hydrogen (secondary N) is 2. The fraction of sp³-hybridized carbons (Fsp3) is 0.222. The number of halogens is 3. The number of imidazole rings is 1. The molecule has 220 valence electrons. The number of methoxy groups -OCH3 is 1. The predicted molar refractivity (Wildman–Crippen MR) is 159 cm³/mol. The van der Waals surface area contributed by atoms with Crippen molar-refractivity contribution < 1.29 is 14.3 Å². The van der Waals surface area contributed by atoms with E-state index in [4.69, 9.17) is 49.3 Å². The summed E-state index contributed by atoms with van der Waals surface area (Å²) in [6, 6.07) is 9.55. The first-order chi connectivity index (χ1) is 20.8. The average Bonchev–Trinajstić information content (AvgIpc) is 3.72. The van der Waals surface area contributed by atoms with Crippen LogP contribution in [0.2, 0.25) is 15.3 Å². The average molecular weight is 643 g/mol. The molecular formula is C27H22Cl3N9O4. The van der Waals surface area contributed by atoms with Crippen LogP contribution in [-0.4, -0.2) is 65.9 Å². The Morgan fingerprint density at radius 3 is 2.72 bits per heavy atom. The second-order valence-corrected chi connectivity index (χ2v) is 10.6. The number of aromatic nitrogens is 8. The van der Waals surface area contributed by atoms with Crippen molar-refractivity contribution >= 4 is 46.6 Å². The lowest BCUT2D eigenvalue weighted by molar-refractivity contribution is 0.107. The second kappa shape index (κ2) is 12.1. The zero-order valence-electron chi connectivity index (χ0n) is 22.4. The van der Waals surface area contributed by atoms with Crippen LogP contribution in [0.4, 0.5) is 10.5 Å². The van der Waals surface area contributed by atoms with Crippen LogP contribution in [0, 0.1) is 0 Å². The van der Waals surface area contributed by atoms with Crippen LogP contribution in [0.5, 0.6) is 0 Å². The Bertz CT molecular complexity index is 1870. The summed E-state index contributed by atoms with van der Waals surface area (Å²) in [7, 11) is 1.52. The molecule has 1 aliphatic heterocycles. The van der Waals surface area contributed by atoms with Gasteiger partial charge in [-0.15, -0.1) is 5.10 Å². The molecule has 0 radical (unpaired) electrons. The highest BCUT2D eigenvalue weighted by atomic mass is 35.5. The molecule has 2 N–H and O–H groups in total. The van der Waals surface area contributed by atoms with Crippen LogP contribution < -0.4 is 10.9 Å². The number of benzene rings is 1. The van der Waals surface area contributed by atoms with Gasteiger partial charge in [0, 0.05) is 30.2 Å². The summed E-state index contributed by atoms with van der Waals surface area (Å²) in [5.41, 5.74) is 2.73. The second-order valence-electron chi connectivity index (χ2n) is 9.44. The highest BCUT2D eigenvalue weighted by Gasteiger charge is 2.30. The number of carbonyl (C=O) groups is 1. The number of hydrogen-bond acceptors (Lipinski definition) is 9. The maximum atomic E-state index is 13.5. The minimum atomic E-state index is -0.622. The smallest absolute Gasteiger partial charge is 0.411 e. The van der Waals surface area contributed by atoms with Gasteiger partial charge >= 0.3 is 6.09 Å². The molecule has 1 amide bonds. The summed E-state index contributed by atoms with van der Waals surface area (Å²) < 4.78 is 13.0. The van der Waals surface area contributed by atoms with E-state index >= 15 is 0 Å². The van der Waals surface area contributed by atoms with Crippen molar-refractivity contribution in [2.24, 2.45) is 0 Å². The molecule has 43 heavy (non-hydrogen) atoms. The molecule has 0 saturated carbocycles. The van der Waals surface area contributed by atoms with Crippen molar-refractivity contribution in [1.29, 1.82) is 0 Å². The lowest BCUT2D eigenvalue weighted by atomic mass is 10.1. The standard InChI is InChI=1S/C27H22Cl3N9O4/c1-42-8-9-43-27(41)32-15-3-4-17(31-12-15)24-25(30)35-26(34-24)20-6-7-22-33-18(11-23(40)39(20)22)16-10-14(28)2-5-19(16)38-13-21(29)36-37-38/h2-5,10-13,20H,6-9H2,1H3,(H,32,41)(H,34,35)/t20-/m0/s1. The third kappa shape index (κ3) is 5.97. The number of rotatable bonds is 8. The monoisotopic (exact) mass is 641 g/mol. The molecule has 0 spiro atoms. The number of H-pyrrole nitrogens is 1. The molecular weight excluding hydrogens is 621 g/mol. The minimum Gasteiger partial charge on any atom is -0.447 e. The summed E-state index contributed by atoms with van der Waals surface area (Å²) in [5, 5.41) is 11.4. The van der Waals surface area contributed by atoms with Crippen LogP contribution in [0.25, 0.3) is 28.3 Å². The van der Waals surface area contributed by atoms with Gasteiger partial charge in [0.25, 0.3) is 5.56 Å². The predicted octanol–water partition coefficient (Wildman–Crippen LogP) is 4.97. The van der Waals surface area contributed by atoms with Gasteiger partial charge in [-0.05, 0) is 36.8 Å². The Morgan fingerprint density at radius 2 is 1.98 bits per heavy atom. The van der Waals surface area contributed by atoms with Crippen LogP contribution >= 0.6 is 34.8 Å². The molecule has 6 rings (SSSR count). The SMILES string of the molecule is COCCOC(=O)Nc1ccc(-c2nc([C@@H]3CCc4nc(-c5cc(Cl)ccc5-n5cc(Cl)nn5)cc(=O)n43)[nH]c2Cl)nc1. The van der Waals surface area contributed by atoms with Gasteiger partial charge in [-0.25, -0.2) is 19.4 Å². The molecule has 16 heteroatoms. The van der Waals surface area contributed by atoms with E-state index in [0.717, 1.165) is 0 Å². The maximum absolute atomic E-state index is 13.5. The Kier molecular flexibility index (Phi) is 8.13. The zero-order chi connectivity index (χ0) is 30.1. The van der Waals surface area contributed by atoms with Crippen molar-refractivity contribution in [3.05, 3.63) is 86.1 Å². The molecule has 1 aromatic carbocycles. The largest absolute Gasteiger partial charge is 0.447 e. The van der Waals surface area contributed by atoms with Gasteiger partial charge in [-0.3, -0.25) is 19.7 Å². The van der Waals surface area contributed by atoms with Crippen LogP contribution in [0.15, 0.2) is 53.6 Å². The number of fused-ring (bicyclic) bond motifs is 1. The molecule has 1 atom stereocenters. The van der Waals surface area contributed by atoms with Crippen LogP contribution in [0.3, 0.4) is 0 Å². The van der Waals surface area contributed by atoms with E-state index in [0.29, 0.717) is 70.1 Å². The van der Waals surface area contributed by atoms with Gasteiger partial charge < -0.3 is 14.5 Å².